The van der Waals surface area contributed by atoms with Crippen molar-refractivity contribution in [3.05, 3.63) is 41.2 Å². The van der Waals surface area contributed by atoms with Crippen molar-refractivity contribution in [2.24, 2.45) is 0 Å². The molecule has 0 aliphatic heterocycles. The summed E-state index contributed by atoms with van der Waals surface area (Å²) in [5, 5.41) is 9.89. The molecule has 0 saturated heterocycles. The molecule has 0 saturated carbocycles. The summed E-state index contributed by atoms with van der Waals surface area (Å²) in [6.07, 6.45) is 0. The van der Waals surface area contributed by atoms with Crippen LogP contribution in [0.4, 0.5) is 11.4 Å². The largest absolute Gasteiger partial charge is 0.399 e. The van der Waals surface area contributed by atoms with Crippen molar-refractivity contribution in [2.45, 2.75) is 33.1 Å². The summed E-state index contributed by atoms with van der Waals surface area (Å²) in [6, 6.07) is 7.37. The average molecular weight is 272 g/mol. The molecule has 5 heteroatoms. The SMILES string of the molecule is Cc1n[nH]c(C)c1NC(=O)C(C)(C)c1ccc(N)cc1. The molecule has 5 nitrogen and oxygen atoms in total. The summed E-state index contributed by atoms with van der Waals surface area (Å²) >= 11 is 0. The molecular weight excluding hydrogens is 252 g/mol. The van der Waals surface area contributed by atoms with Crippen molar-refractivity contribution in [1.82, 2.24) is 10.2 Å². The second-order valence-corrected chi connectivity index (χ2v) is 5.51. The topological polar surface area (TPSA) is 83.8 Å². The Morgan fingerprint density at radius 1 is 1.25 bits per heavy atom. The van der Waals surface area contributed by atoms with Gasteiger partial charge in [-0.15, -0.1) is 0 Å². The average Bonchev–Trinajstić information content (AvgIpc) is 2.71. The molecule has 0 aliphatic carbocycles. The van der Waals surface area contributed by atoms with Gasteiger partial charge in [0.1, 0.15) is 0 Å². The van der Waals surface area contributed by atoms with Crippen LogP contribution in [0.1, 0.15) is 30.8 Å². The molecule has 20 heavy (non-hydrogen) atoms. The normalized spacial score (nSPS) is 11.4. The quantitative estimate of drug-likeness (QED) is 0.751. The predicted octanol–water partition coefficient (Wildman–Crippen LogP) is 2.53. The highest BCUT2D eigenvalue weighted by Gasteiger charge is 2.30. The van der Waals surface area contributed by atoms with Gasteiger partial charge in [0.05, 0.1) is 22.5 Å². The standard InChI is InChI=1S/C15H20N4O/c1-9-13(10(2)19-18-9)17-14(20)15(3,4)11-5-7-12(16)8-6-11/h5-8H,16H2,1-4H3,(H,17,20)(H,18,19). The van der Waals surface area contributed by atoms with Crippen molar-refractivity contribution < 1.29 is 4.79 Å². The van der Waals surface area contributed by atoms with Crippen molar-refractivity contribution in [1.29, 1.82) is 0 Å². The van der Waals surface area contributed by atoms with Gasteiger partial charge >= 0.3 is 0 Å². The zero-order valence-corrected chi connectivity index (χ0v) is 12.2. The maximum atomic E-state index is 12.5. The summed E-state index contributed by atoms with van der Waals surface area (Å²) in [7, 11) is 0. The van der Waals surface area contributed by atoms with Crippen molar-refractivity contribution in [3.63, 3.8) is 0 Å². The minimum atomic E-state index is -0.649. The van der Waals surface area contributed by atoms with Crippen LogP contribution in [0.25, 0.3) is 0 Å². The summed E-state index contributed by atoms with van der Waals surface area (Å²) in [4.78, 5) is 12.5. The third-order valence-corrected chi connectivity index (χ3v) is 3.57. The van der Waals surface area contributed by atoms with Crippen LogP contribution in [-0.4, -0.2) is 16.1 Å². The zero-order chi connectivity index (χ0) is 14.9. The number of rotatable bonds is 3. The Morgan fingerprint density at radius 2 is 1.85 bits per heavy atom. The van der Waals surface area contributed by atoms with E-state index in [4.69, 9.17) is 5.73 Å². The number of aryl methyl sites for hydroxylation is 2. The number of anilines is 2. The third kappa shape index (κ3) is 2.52. The number of aromatic nitrogens is 2. The molecular formula is C15H20N4O. The molecule has 0 fully saturated rings. The first-order valence-electron chi connectivity index (χ1n) is 6.51. The lowest BCUT2D eigenvalue weighted by molar-refractivity contribution is -0.120. The number of benzene rings is 1. The van der Waals surface area contributed by atoms with E-state index in [0.29, 0.717) is 5.69 Å². The fourth-order valence-corrected chi connectivity index (χ4v) is 2.04. The van der Waals surface area contributed by atoms with Gasteiger partial charge in [-0.05, 0) is 45.4 Å². The Bertz CT molecular complexity index is 606. The highest BCUT2D eigenvalue weighted by Crippen LogP contribution is 2.27. The highest BCUT2D eigenvalue weighted by atomic mass is 16.2. The van der Waals surface area contributed by atoms with E-state index < -0.39 is 5.41 Å². The van der Waals surface area contributed by atoms with Crippen LogP contribution < -0.4 is 11.1 Å². The van der Waals surface area contributed by atoms with Gasteiger partial charge in [0.25, 0.3) is 0 Å². The van der Waals surface area contributed by atoms with Crippen LogP contribution in [-0.2, 0) is 10.2 Å². The number of hydrogen-bond donors (Lipinski definition) is 3. The first kappa shape index (κ1) is 14.1. The Hall–Kier alpha value is -2.30. The molecule has 0 aliphatic rings. The zero-order valence-electron chi connectivity index (χ0n) is 12.2. The Labute approximate surface area is 118 Å². The monoisotopic (exact) mass is 272 g/mol. The van der Waals surface area contributed by atoms with Gasteiger partial charge in [-0.2, -0.15) is 5.10 Å². The summed E-state index contributed by atoms with van der Waals surface area (Å²) < 4.78 is 0. The number of hydrogen-bond acceptors (Lipinski definition) is 3. The maximum Gasteiger partial charge on any atom is 0.234 e. The van der Waals surface area contributed by atoms with Crippen LogP contribution in [0, 0.1) is 13.8 Å². The second-order valence-electron chi connectivity index (χ2n) is 5.51. The first-order valence-corrected chi connectivity index (χ1v) is 6.51. The van der Waals surface area contributed by atoms with Crippen molar-refractivity contribution >= 4 is 17.3 Å². The summed E-state index contributed by atoms with van der Waals surface area (Å²) in [5.41, 5.74) is 9.02. The second kappa shape index (κ2) is 5.00. The number of aromatic amines is 1. The summed E-state index contributed by atoms with van der Waals surface area (Å²) in [5.74, 6) is -0.0742. The van der Waals surface area contributed by atoms with E-state index in [1.165, 1.54) is 0 Å². The van der Waals surface area contributed by atoms with Gasteiger partial charge < -0.3 is 11.1 Å². The van der Waals surface area contributed by atoms with E-state index in [0.717, 1.165) is 22.6 Å². The lowest BCUT2D eigenvalue weighted by Gasteiger charge is -2.24. The first-order chi connectivity index (χ1) is 9.32. The lowest BCUT2D eigenvalue weighted by Crippen LogP contribution is -2.35. The molecule has 1 amide bonds. The molecule has 0 atom stereocenters. The number of carbonyl (C=O) groups is 1. The predicted molar refractivity (Wildman–Crippen MR) is 80.6 cm³/mol. The molecule has 4 N–H and O–H groups in total. The molecule has 0 spiro atoms. The fourth-order valence-electron chi connectivity index (χ4n) is 2.04. The molecule has 0 unspecified atom stereocenters. The Balaban J connectivity index is 2.25. The number of nitrogens with zero attached hydrogens (tertiary/aromatic N) is 1. The Morgan fingerprint density at radius 3 is 2.35 bits per heavy atom. The lowest BCUT2D eigenvalue weighted by atomic mass is 9.83. The minimum Gasteiger partial charge on any atom is -0.399 e. The number of nitrogens with one attached hydrogen (secondary N) is 2. The number of H-pyrrole nitrogens is 1. The van der Waals surface area contributed by atoms with Crippen LogP contribution in [0.2, 0.25) is 0 Å². The fraction of sp³-hybridized carbons (Fsp3) is 0.333. The minimum absolute atomic E-state index is 0.0742. The molecule has 106 valence electrons. The molecule has 1 aromatic heterocycles. The van der Waals surface area contributed by atoms with Gasteiger partial charge in [0, 0.05) is 5.69 Å². The number of nitrogen functional groups attached to an aromatic ring is 1. The van der Waals surface area contributed by atoms with Crippen LogP contribution in [0.15, 0.2) is 24.3 Å². The maximum absolute atomic E-state index is 12.5. The van der Waals surface area contributed by atoms with Crippen molar-refractivity contribution in [2.75, 3.05) is 11.1 Å². The van der Waals surface area contributed by atoms with E-state index in [-0.39, 0.29) is 5.91 Å². The number of amides is 1. The molecule has 1 heterocycles. The van der Waals surface area contributed by atoms with Gasteiger partial charge in [0.2, 0.25) is 5.91 Å². The molecule has 2 aromatic rings. The van der Waals surface area contributed by atoms with Gasteiger partial charge in [-0.1, -0.05) is 12.1 Å². The van der Waals surface area contributed by atoms with E-state index in [2.05, 4.69) is 15.5 Å². The van der Waals surface area contributed by atoms with Crippen LogP contribution in [0.3, 0.4) is 0 Å². The number of carbonyl (C=O) groups excluding carboxylic acids is 1. The smallest absolute Gasteiger partial charge is 0.234 e. The molecule has 2 rings (SSSR count). The van der Waals surface area contributed by atoms with Gasteiger partial charge in [0.15, 0.2) is 0 Å². The third-order valence-electron chi connectivity index (χ3n) is 3.57. The van der Waals surface area contributed by atoms with Gasteiger partial charge in [-0.25, -0.2) is 0 Å². The molecule has 0 radical (unpaired) electrons. The van der Waals surface area contributed by atoms with Gasteiger partial charge in [-0.3, -0.25) is 9.89 Å². The van der Waals surface area contributed by atoms with E-state index >= 15 is 0 Å². The number of nitrogens with two attached hydrogens (primary N) is 1. The highest BCUT2D eigenvalue weighted by molar-refractivity contribution is 5.99. The summed E-state index contributed by atoms with van der Waals surface area (Å²) in [6.45, 7) is 7.51. The van der Waals surface area contributed by atoms with E-state index in [9.17, 15) is 4.79 Å². The molecule has 0 bridgehead atoms. The molecule has 1 aromatic carbocycles. The Kier molecular flexibility index (Phi) is 3.53. The van der Waals surface area contributed by atoms with Crippen molar-refractivity contribution in [3.8, 4) is 0 Å². The van der Waals surface area contributed by atoms with Crippen LogP contribution in [0.5, 0.6) is 0 Å². The van der Waals surface area contributed by atoms with E-state index in [1.54, 1.807) is 12.1 Å². The van der Waals surface area contributed by atoms with E-state index in [1.807, 2.05) is 39.8 Å². The van der Waals surface area contributed by atoms with Crippen LogP contribution >= 0.6 is 0 Å².